The SMILES string of the molecule is CCN(CC)CCn1ccc2cc(NC(=O)c3cnn(-c4ccccc4F)c3C)ccc21. The Kier molecular flexibility index (Phi) is 6.37. The second kappa shape index (κ2) is 9.36. The minimum Gasteiger partial charge on any atom is -0.346 e. The fourth-order valence-corrected chi connectivity index (χ4v) is 3.96. The highest BCUT2D eigenvalue weighted by Gasteiger charge is 2.17. The Labute approximate surface area is 187 Å². The molecule has 1 N–H and O–H groups in total. The Morgan fingerprint density at radius 1 is 1.12 bits per heavy atom. The summed E-state index contributed by atoms with van der Waals surface area (Å²) in [7, 11) is 0. The monoisotopic (exact) mass is 433 g/mol. The third-order valence-corrected chi connectivity index (χ3v) is 5.92. The van der Waals surface area contributed by atoms with E-state index in [0.717, 1.165) is 37.1 Å². The number of nitrogens with zero attached hydrogens (tertiary/aromatic N) is 4. The first kappa shape index (κ1) is 21.8. The number of fused-ring (bicyclic) bond motifs is 1. The van der Waals surface area contributed by atoms with Crippen LogP contribution in [0.25, 0.3) is 16.6 Å². The van der Waals surface area contributed by atoms with Gasteiger partial charge in [0.05, 0.1) is 17.5 Å². The summed E-state index contributed by atoms with van der Waals surface area (Å²) in [5.74, 6) is -0.660. The summed E-state index contributed by atoms with van der Waals surface area (Å²) in [6.07, 6.45) is 3.56. The van der Waals surface area contributed by atoms with E-state index < -0.39 is 0 Å². The number of amides is 1. The average molecular weight is 434 g/mol. The normalized spacial score (nSPS) is 11.4. The molecule has 1 amide bonds. The molecule has 0 bridgehead atoms. The third-order valence-electron chi connectivity index (χ3n) is 5.92. The molecule has 0 aliphatic rings. The van der Waals surface area contributed by atoms with Gasteiger partial charge in [-0.3, -0.25) is 4.79 Å². The maximum atomic E-state index is 14.1. The van der Waals surface area contributed by atoms with Gasteiger partial charge >= 0.3 is 0 Å². The van der Waals surface area contributed by atoms with Crippen molar-refractivity contribution in [2.75, 3.05) is 25.0 Å². The van der Waals surface area contributed by atoms with Gasteiger partial charge < -0.3 is 14.8 Å². The summed E-state index contributed by atoms with van der Waals surface area (Å²) in [5, 5.41) is 8.24. The molecule has 0 aliphatic heterocycles. The van der Waals surface area contributed by atoms with Crippen LogP contribution in [0.5, 0.6) is 0 Å². The molecule has 166 valence electrons. The number of aromatic nitrogens is 3. The number of carbonyl (C=O) groups excluding carboxylic acids is 1. The molecule has 0 radical (unpaired) electrons. The number of rotatable bonds is 8. The summed E-state index contributed by atoms with van der Waals surface area (Å²) in [4.78, 5) is 15.3. The predicted molar refractivity (Wildman–Crippen MR) is 126 cm³/mol. The molecule has 2 aromatic carbocycles. The minimum absolute atomic E-state index is 0.273. The number of carbonyl (C=O) groups is 1. The van der Waals surface area contributed by atoms with Gasteiger partial charge in [-0.15, -0.1) is 0 Å². The van der Waals surface area contributed by atoms with Crippen molar-refractivity contribution in [2.45, 2.75) is 27.3 Å². The summed E-state index contributed by atoms with van der Waals surface area (Å²) < 4.78 is 17.8. The first-order valence-electron chi connectivity index (χ1n) is 10.9. The van der Waals surface area contributed by atoms with Gasteiger partial charge in [0.25, 0.3) is 5.91 Å². The average Bonchev–Trinajstić information content (AvgIpc) is 3.38. The van der Waals surface area contributed by atoms with Crippen molar-refractivity contribution in [3.05, 3.63) is 78.0 Å². The van der Waals surface area contributed by atoms with Crippen LogP contribution in [-0.4, -0.2) is 44.8 Å². The topological polar surface area (TPSA) is 55.1 Å². The van der Waals surface area contributed by atoms with E-state index in [1.54, 1.807) is 25.1 Å². The molecule has 6 nitrogen and oxygen atoms in total. The lowest BCUT2D eigenvalue weighted by molar-refractivity contribution is 0.102. The number of halogens is 1. The van der Waals surface area contributed by atoms with E-state index in [1.165, 1.54) is 16.9 Å². The van der Waals surface area contributed by atoms with Crippen molar-refractivity contribution < 1.29 is 9.18 Å². The summed E-state index contributed by atoms with van der Waals surface area (Å²) >= 11 is 0. The van der Waals surface area contributed by atoms with Crippen molar-refractivity contribution in [3.63, 3.8) is 0 Å². The van der Waals surface area contributed by atoms with Gasteiger partial charge in [-0.1, -0.05) is 26.0 Å². The van der Waals surface area contributed by atoms with Crippen LogP contribution in [-0.2, 0) is 6.54 Å². The van der Waals surface area contributed by atoms with E-state index in [4.69, 9.17) is 0 Å². The van der Waals surface area contributed by atoms with Gasteiger partial charge in [0, 0.05) is 35.9 Å². The first-order chi connectivity index (χ1) is 15.5. The van der Waals surface area contributed by atoms with Crippen LogP contribution in [0.3, 0.4) is 0 Å². The maximum absolute atomic E-state index is 14.1. The zero-order valence-electron chi connectivity index (χ0n) is 18.7. The lowest BCUT2D eigenvalue weighted by Crippen LogP contribution is -2.26. The molecular formula is C25H28FN5O. The molecule has 0 atom stereocenters. The van der Waals surface area contributed by atoms with Crippen molar-refractivity contribution in [1.29, 1.82) is 0 Å². The van der Waals surface area contributed by atoms with Crippen LogP contribution in [0, 0.1) is 12.7 Å². The summed E-state index contributed by atoms with van der Waals surface area (Å²) in [6.45, 7) is 10.1. The van der Waals surface area contributed by atoms with Gasteiger partial charge in [0.15, 0.2) is 0 Å². The Hall–Kier alpha value is -3.45. The van der Waals surface area contributed by atoms with Crippen LogP contribution >= 0.6 is 0 Å². The minimum atomic E-state index is -0.387. The quantitative estimate of drug-likeness (QED) is 0.431. The first-order valence-corrected chi connectivity index (χ1v) is 10.9. The highest BCUT2D eigenvalue weighted by molar-refractivity contribution is 6.05. The zero-order chi connectivity index (χ0) is 22.7. The van der Waals surface area contributed by atoms with Crippen LogP contribution in [0.15, 0.2) is 60.9 Å². The largest absolute Gasteiger partial charge is 0.346 e. The van der Waals surface area contributed by atoms with E-state index >= 15 is 0 Å². The van der Waals surface area contributed by atoms with Gasteiger partial charge in [0.1, 0.15) is 11.5 Å². The molecule has 0 aliphatic carbocycles. The molecule has 0 spiro atoms. The molecule has 32 heavy (non-hydrogen) atoms. The van der Waals surface area contributed by atoms with Crippen molar-refractivity contribution in [2.24, 2.45) is 0 Å². The molecular weight excluding hydrogens is 405 g/mol. The fraction of sp³-hybridized carbons (Fsp3) is 0.280. The standard InChI is InChI=1S/C25H28FN5O/c1-4-29(5-2)14-15-30-13-12-19-16-20(10-11-23(19)30)28-25(32)21-17-27-31(18(21)3)24-9-7-6-8-22(24)26/h6-13,16-17H,4-5,14-15H2,1-3H3,(H,28,32). The molecule has 2 heterocycles. The lowest BCUT2D eigenvalue weighted by atomic mass is 10.2. The van der Waals surface area contributed by atoms with Crippen LogP contribution < -0.4 is 5.32 Å². The number of benzene rings is 2. The molecule has 7 heteroatoms. The van der Waals surface area contributed by atoms with E-state index in [0.29, 0.717) is 22.6 Å². The number of likely N-dealkylation sites (N-methyl/N-ethyl adjacent to an activating group) is 1. The third kappa shape index (κ3) is 4.29. The summed E-state index contributed by atoms with van der Waals surface area (Å²) in [6, 6.07) is 14.3. The van der Waals surface area contributed by atoms with E-state index in [2.05, 4.69) is 46.0 Å². The Morgan fingerprint density at radius 2 is 1.91 bits per heavy atom. The van der Waals surface area contributed by atoms with Gasteiger partial charge in [-0.2, -0.15) is 5.10 Å². The predicted octanol–water partition coefficient (Wildman–Crippen LogP) is 4.87. The van der Waals surface area contributed by atoms with Crippen LogP contribution in [0.4, 0.5) is 10.1 Å². The molecule has 0 saturated heterocycles. The van der Waals surface area contributed by atoms with E-state index in [9.17, 15) is 9.18 Å². The lowest BCUT2D eigenvalue weighted by Gasteiger charge is -2.18. The molecule has 2 aromatic heterocycles. The fourth-order valence-electron chi connectivity index (χ4n) is 3.96. The second-order valence-electron chi connectivity index (χ2n) is 7.77. The van der Waals surface area contributed by atoms with Crippen molar-refractivity contribution in [3.8, 4) is 5.69 Å². The van der Waals surface area contributed by atoms with E-state index in [-0.39, 0.29) is 11.7 Å². The molecule has 0 unspecified atom stereocenters. The maximum Gasteiger partial charge on any atom is 0.259 e. The Bertz CT molecular complexity index is 1240. The van der Waals surface area contributed by atoms with Crippen molar-refractivity contribution in [1.82, 2.24) is 19.2 Å². The number of hydrogen-bond donors (Lipinski definition) is 1. The Morgan fingerprint density at radius 3 is 2.66 bits per heavy atom. The van der Waals surface area contributed by atoms with Gasteiger partial charge in [-0.25, -0.2) is 9.07 Å². The van der Waals surface area contributed by atoms with Crippen LogP contribution in [0.1, 0.15) is 29.9 Å². The van der Waals surface area contributed by atoms with Crippen molar-refractivity contribution >= 4 is 22.5 Å². The Balaban J connectivity index is 1.50. The second-order valence-corrected chi connectivity index (χ2v) is 7.77. The molecule has 0 saturated carbocycles. The highest BCUT2D eigenvalue weighted by Crippen LogP contribution is 2.22. The number of anilines is 1. The summed E-state index contributed by atoms with van der Waals surface area (Å²) in [5.41, 5.74) is 3.15. The van der Waals surface area contributed by atoms with Gasteiger partial charge in [-0.05, 0) is 56.4 Å². The number of hydrogen-bond acceptors (Lipinski definition) is 3. The number of para-hydroxylation sites is 1. The van der Waals surface area contributed by atoms with Crippen LogP contribution in [0.2, 0.25) is 0 Å². The van der Waals surface area contributed by atoms with E-state index in [1.807, 2.05) is 18.2 Å². The van der Waals surface area contributed by atoms with Gasteiger partial charge in [0.2, 0.25) is 0 Å². The zero-order valence-corrected chi connectivity index (χ0v) is 18.7. The number of nitrogens with one attached hydrogen (secondary N) is 1. The smallest absolute Gasteiger partial charge is 0.259 e. The highest BCUT2D eigenvalue weighted by atomic mass is 19.1. The molecule has 4 rings (SSSR count). The molecule has 0 fully saturated rings. The molecule has 4 aromatic rings.